The van der Waals surface area contributed by atoms with Crippen LogP contribution in [0.2, 0.25) is 0 Å². The zero-order chi connectivity index (χ0) is 9.26. The lowest BCUT2D eigenvalue weighted by Crippen LogP contribution is -2.01. The Kier molecular flexibility index (Phi) is 2.17. The number of ether oxygens (including phenoxy) is 1. The topological polar surface area (TPSA) is 9.23 Å². The summed E-state index contributed by atoms with van der Waals surface area (Å²) < 4.78 is 27.8. The zero-order valence-corrected chi connectivity index (χ0v) is 6.97. The van der Waals surface area contributed by atoms with Gasteiger partial charge in [-0.1, -0.05) is 12.1 Å². The van der Waals surface area contributed by atoms with Crippen LogP contribution in [0.3, 0.4) is 0 Å². The van der Waals surface area contributed by atoms with E-state index < -0.39 is 6.61 Å². The SMILES string of the molecule is FC(F)Oc1ccc([C]2CC2)cc1. The van der Waals surface area contributed by atoms with Gasteiger partial charge in [0.15, 0.2) is 0 Å². The van der Waals surface area contributed by atoms with E-state index in [1.54, 1.807) is 12.1 Å². The van der Waals surface area contributed by atoms with Gasteiger partial charge in [0.1, 0.15) is 5.75 Å². The Balaban J connectivity index is 2.04. The van der Waals surface area contributed by atoms with Crippen LogP contribution in [-0.4, -0.2) is 6.61 Å². The number of halogens is 2. The van der Waals surface area contributed by atoms with Gasteiger partial charge in [0.05, 0.1) is 0 Å². The molecule has 0 bridgehead atoms. The summed E-state index contributed by atoms with van der Waals surface area (Å²) >= 11 is 0. The fraction of sp³-hybridized carbons (Fsp3) is 0.300. The van der Waals surface area contributed by atoms with E-state index in [4.69, 9.17) is 0 Å². The summed E-state index contributed by atoms with van der Waals surface area (Å²) in [6.45, 7) is -2.74. The molecule has 13 heavy (non-hydrogen) atoms. The number of hydrogen-bond acceptors (Lipinski definition) is 1. The second kappa shape index (κ2) is 3.32. The molecule has 1 aromatic carbocycles. The summed E-state index contributed by atoms with van der Waals surface area (Å²) in [5, 5.41) is 0. The maximum Gasteiger partial charge on any atom is 0.387 e. The molecule has 0 amide bonds. The van der Waals surface area contributed by atoms with Gasteiger partial charge in [-0.25, -0.2) is 0 Å². The summed E-state index contributed by atoms with van der Waals surface area (Å²) in [5.41, 5.74) is 1.14. The van der Waals surface area contributed by atoms with Crippen LogP contribution in [0.1, 0.15) is 18.4 Å². The summed E-state index contributed by atoms with van der Waals surface area (Å²) in [5.74, 6) is 1.61. The largest absolute Gasteiger partial charge is 0.435 e. The highest BCUT2D eigenvalue weighted by atomic mass is 19.3. The van der Waals surface area contributed by atoms with Crippen LogP contribution in [0, 0.1) is 5.92 Å². The Bertz CT molecular complexity index is 277. The second-order valence-electron chi connectivity index (χ2n) is 3.01. The molecule has 0 unspecified atom stereocenters. The second-order valence-corrected chi connectivity index (χ2v) is 3.01. The van der Waals surface area contributed by atoms with E-state index in [0.29, 0.717) is 0 Å². The van der Waals surface area contributed by atoms with Gasteiger partial charge in [0.25, 0.3) is 0 Å². The third-order valence-corrected chi connectivity index (χ3v) is 1.99. The van der Waals surface area contributed by atoms with Crippen molar-refractivity contribution in [2.45, 2.75) is 19.5 Å². The first-order valence-electron chi connectivity index (χ1n) is 4.15. The first-order chi connectivity index (χ1) is 6.25. The maximum atomic E-state index is 11.8. The lowest BCUT2D eigenvalue weighted by molar-refractivity contribution is -0.0498. The highest BCUT2D eigenvalue weighted by Gasteiger charge is 2.23. The fourth-order valence-corrected chi connectivity index (χ4v) is 1.22. The van der Waals surface area contributed by atoms with Gasteiger partial charge in [0, 0.05) is 5.92 Å². The van der Waals surface area contributed by atoms with Crippen LogP contribution >= 0.6 is 0 Å². The predicted octanol–water partition coefficient (Wildman–Crippen LogP) is 3.00. The Morgan fingerprint density at radius 2 is 1.69 bits per heavy atom. The molecule has 0 aliphatic heterocycles. The highest BCUT2D eigenvalue weighted by molar-refractivity contribution is 5.40. The Labute approximate surface area is 75.3 Å². The quantitative estimate of drug-likeness (QED) is 0.699. The normalized spacial score (nSPS) is 16.2. The molecule has 2 rings (SSSR count). The minimum Gasteiger partial charge on any atom is -0.435 e. The van der Waals surface area contributed by atoms with Crippen molar-refractivity contribution in [1.29, 1.82) is 0 Å². The third-order valence-electron chi connectivity index (χ3n) is 1.99. The maximum absolute atomic E-state index is 11.8. The van der Waals surface area contributed by atoms with E-state index in [9.17, 15) is 8.78 Å². The van der Waals surface area contributed by atoms with E-state index in [1.165, 1.54) is 5.92 Å². The molecule has 1 aliphatic carbocycles. The molecule has 1 radical (unpaired) electrons. The van der Waals surface area contributed by atoms with E-state index in [0.717, 1.165) is 18.4 Å². The highest BCUT2D eigenvalue weighted by Crippen LogP contribution is 2.39. The molecule has 69 valence electrons. The van der Waals surface area contributed by atoms with E-state index in [-0.39, 0.29) is 5.75 Å². The van der Waals surface area contributed by atoms with Gasteiger partial charge >= 0.3 is 6.61 Å². The van der Waals surface area contributed by atoms with Gasteiger partial charge in [-0.15, -0.1) is 0 Å². The molecule has 1 aliphatic rings. The van der Waals surface area contributed by atoms with E-state index >= 15 is 0 Å². The fourth-order valence-electron chi connectivity index (χ4n) is 1.22. The van der Waals surface area contributed by atoms with Crippen molar-refractivity contribution in [3.05, 3.63) is 35.7 Å². The monoisotopic (exact) mass is 183 g/mol. The van der Waals surface area contributed by atoms with Crippen molar-refractivity contribution in [2.75, 3.05) is 0 Å². The van der Waals surface area contributed by atoms with Crippen molar-refractivity contribution < 1.29 is 13.5 Å². The van der Waals surface area contributed by atoms with Gasteiger partial charge in [0.2, 0.25) is 0 Å². The molecule has 0 atom stereocenters. The molecule has 1 fully saturated rings. The smallest absolute Gasteiger partial charge is 0.387 e. The molecule has 3 heteroatoms. The first-order valence-corrected chi connectivity index (χ1v) is 4.15. The average molecular weight is 183 g/mol. The molecule has 1 saturated carbocycles. The molecular formula is C10H9F2O. The van der Waals surface area contributed by atoms with Gasteiger partial charge < -0.3 is 4.74 Å². The van der Waals surface area contributed by atoms with E-state index in [2.05, 4.69) is 4.74 Å². The zero-order valence-electron chi connectivity index (χ0n) is 6.97. The summed E-state index contributed by atoms with van der Waals surface area (Å²) in [6, 6.07) is 6.79. The predicted molar refractivity (Wildman–Crippen MR) is 44.7 cm³/mol. The van der Waals surface area contributed by atoms with Gasteiger partial charge in [-0.05, 0) is 30.5 Å². The molecule has 1 aromatic rings. The van der Waals surface area contributed by atoms with Crippen molar-refractivity contribution in [3.63, 3.8) is 0 Å². The van der Waals surface area contributed by atoms with Crippen LogP contribution < -0.4 is 4.74 Å². The van der Waals surface area contributed by atoms with Crippen LogP contribution in [0.5, 0.6) is 5.75 Å². The third kappa shape index (κ3) is 2.17. The molecule has 0 aromatic heterocycles. The van der Waals surface area contributed by atoms with Crippen LogP contribution in [0.4, 0.5) is 8.78 Å². The molecule has 0 spiro atoms. The van der Waals surface area contributed by atoms with Crippen LogP contribution in [0.15, 0.2) is 24.3 Å². The lowest BCUT2D eigenvalue weighted by Gasteiger charge is -2.04. The Hall–Kier alpha value is -1.12. The number of rotatable bonds is 3. The number of benzene rings is 1. The molecule has 0 heterocycles. The molecule has 0 saturated heterocycles. The lowest BCUT2D eigenvalue weighted by atomic mass is 10.1. The Morgan fingerprint density at radius 1 is 1.08 bits per heavy atom. The minimum atomic E-state index is -2.74. The van der Waals surface area contributed by atoms with E-state index in [1.807, 2.05) is 12.1 Å². The average Bonchev–Trinajstić information content (AvgIpc) is 2.87. The molecule has 0 N–H and O–H groups in total. The summed E-state index contributed by atoms with van der Waals surface area (Å²) in [4.78, 5) is 0. The van der Waals surface area contributed by atoms with Gasteiger partial charge in [-0.3, -0.25) is 0 Å². The first kappa shape index (κ1) is 8.48. The number of hydrogen-bond donors (Lipinski definition) is 0. The Morgan fingerprint density at radius 3 is 2.15 bits per heavy atom. The molecular weight excluding hydrogens is 174 g/mol. The minimum absolute atomic E-state index is 0.222. The molecule has 1 nitrogen and oxygen atoms in total. The summed E-state index contributed by atoms with van der Waals surface area (Å²) in [7, 11) is 0. The van der Waals surface area contributed by atoms with Crippen molar-refractivity contribution in [2.24, 2.45) is 0 Å². The van der Waals surface area contributed by atoms with Crippen molar-refractivity contribution in [1.82, 2.24) is 0 Å². The van der Waals surface area contributed by atoms with Crippen molar-refractivity contribution in [3.8, 4) is 5.75 Å². The standard InChI is InChI=1S/C10H9F2O/c11-10(12)13-9-5-3-8(4-6-9)7-1-2-7/h3-6,10H,1-2H2. The van der Waals surface area contributed by atoms with Crippen molar-refractivity contribution >= 4 is 0 Å². The number of alkyl halides is 2. The van der Waals surface area contributed by atoms with Crippen LogP contribution in [-0.2, 0) is 0 Å². The van der Waals surface area contributed by atoms with Gasteiger partial charge in [-0.2, -0.15) is 8.78 Å². The summed E-state index contributed by atoms with van der Waals surface area (Å²) in [6.07, 6.45) is 2.27. The van der Waals surface area contributed by atoms with Crippen LogP contribution in [0.25, 0.3) is 0 Å².